The van der Waals surface area contributed by atoms with Crippen molar-refractivity contribution in [3.8, 4) is 0 Å². The van der Waals surface area contributed by atoms with Gasteiger partial charge in [0.2, 0.25) is 0 Å². The Bertz CT molecular complexity index is 1040. The molecule has 1 aliphatic heterocycles. The molecular weight excluding hydrogens is 368 g/mol. The molecule has 3 rings (SSSR count). The van der Waals surface area contributed by atoms with Crippen LogP contribution in [0.1, 0.15) is 50.9 Å². The minimum atomic E-state index is 0.712. The van der Waals surface area contributed by atoms with Gasteiger partial charge in [0.25, 0.3) is 0 Å². The summed E-state index contributed by atoms with van der Waals surface area (Å²) in [5, 5.41) is 7.16. The van der Waals surface area contributed by atoms with Crippen LogP contribution in [0.4, 0.5) is 5.69 Å². The number of hydrogen-bond donors (Lipinski definition) is 0. The standard InChI is InChI=1S/C26H30N4/c1-6-11-21(8-3)18-30-25(12-7-2)23-13-9-10-14-24(23)26(29-30)20(5)28-22-16-15-19(4)27-17-22/h6,8-17H,7,18H2,1-5H3. The highest BCUT2D eigenvalue weighted by Crippen LogP contribution is 2.31. The van der Waals surface area contributed by atoms with Crippen LogP contribution in [-0.2, 0) is 0 Å². The highest BCUT2D eigenvalue weighted by Gasteiger charge is 2.25. The van der Waals surface area contributed by atoms with Crippen molar-refractivity contribution in [3.05, 3.63) is 89.3 Å². The Labute approximate surface area is 180 Å². The molecule has 0 N–H and O–H groups in total. The first-order chi connectivity index (χ1) is 14.6. The van der Waals surface area contributed by atoms with Crippen LogP contribution in [0, 0.1) is 6.92 Å². The zero-order valence-electron chi connectivity index (χ0n) is 18.6. The second-order valence-electron chi connectivity index (χ2n) is 7.27. The molecule has 0 radical (unpaired) electrons. The molecule has 0 aliphatic carbocycles. The largest absolute Gasteiger partial charge is 0.260 e. The number of aromatic nitrogens is 1. The molecule has 0 fully saturated rings. The van der Waals surface area contributed by atoms with Gasteiger partial charge in [0.1, 0.15) is 5.71 Å². The molecule has 2 heterocycles. The van der Waals surface area contributed by atoms with Crippen LogP contribution >= 0.6 is 0 Å². The summed E-state index contributed by atoms with van der Waals surface area (Å²) in [5.41, 5.74) is 8.26. The minimum Gasteiger partial charge on any atom is -0.260 e. The van der Waals surface area contributed by atoms with E-state index in [1.54, 1.807) is 6.20 Å². The molecule has 4 nitrogen and oxygen atoms in total. The fourth-order valence-electron chi connectivity index (χ4n) is 3.48. The summed E-state index contributed by atoms with van der Waals surface area (Å²) in [5.74, 6) is 0. The van der Waals surface area contributed by atoms with Gasteiger partial charge in [0.05, 0.1) is 29.8 Å². The van der Waals surface area contributed by atoms with E-state index in [0.717, 1.165) is 40.5 Å². The lowest BCUT2D eigenvalue weighted by molar-refractivity contribution is 0.456. The summed E-state index contributed by atoms with van der Waals surface area (Å²) in [7, 11) is 0. The summed E-state index contributed by atoms with van der Waals surface area (Å²) < 4.78 is 0. The van der Waals surface area contributed by atoms with Crippen molar-refractivity contribution in [3.63, 3.8) is 0 Å². The smallest absolute Gasteiger partial charge is 0.113 e. The van der Waals surface area contributed by atoms with Crippen LogP contribution in [-0.4, -0.2) is 28.0 Å². The highest BCUT2D eigenvalue weighted by atomic mass is 15.5. The number of hydrogen-bond acceptors (Lipinski definition) is 4. The minimum absolute atomic E-state index is 0.712. The van der Waals surface area contributed by atoms with Gasteiger partial charge in [0, 0.05) is 16.8 Å². The number of rotatable bonds is 6. The van der Waals surface area contributed by atoms with Crippen LogP contribution in [0.15, 0.2) is 82.6 Å². The Hall–Kier alpha value is -3.27. The number of hydrazone groups is 1. The molecule has 1 aliphatic rings. The van der Waals surface area contributed by atoms with Gasteiger partial charge in [-0.15, -0.1) is 0 Å². The summed E-state index contributed by atoms with van der Waals surface area (Å²) in [6.45, 7) is 11.0. The van der Waals surface area contributed by atoms with Gasteiger partial charge < -0.3 is 0 Å². The molecule has 2 aromatic rings. The van der Waals surface area contributed by atoms with Gasteiger partial charge in [0.15, 0.2) is 0 Å². The normalized spacial score (nSPS) is 16.2. The number of aryl methyl sites for hydroxylation is 1. The molecule has 1 aromatic carbocycles. The van der Waals surface area contributed by atoms with Crippen LogP contribution in [0.3, 0.4) is 0 Å². The molecule has 154 valence electrons. The van der Waals surface area contributed by atoms with Gasteiger partial charge in [-0.1, -0.05) is 55.5 Å². The van der Waals surface area contributed by atoms with Crippen LogP contribution in [0.2, 0.25) is 0 Å². The van der Waals surface area contributed by atoms with E-state index in [0.29, 0.717) is 6.54 Å². The van der Waals surface area contributed by atoms with Crippen LogP contribution in [0.5, 0.6) is 0 Å². The molecule has 0 bridgehead atoms. The monoisotopic (exact) mass is 398 g/mol. The van der Waals surface area contributed by atoms with Gasteiger partial charge in [-0.3, -0.25) is 9.99 Å². The third-order valence-corrected chi connectivity index (χ3v) is 4.97. The average Bonchev–Trinajstić information content (AvgIpc) is 2.76. The highest BCUT2D eigenvalue weighted by molar-refractivity contribution is 6.49. The van der Waals surface area contributed by atoms with E-state index in [4.69, 9.17) is 10.1 Å². The van der Waals surface area contributed by atoms with E-state index in [2.05, 4.69) is 72.4 Å². The number of pyridine rings is 1. The van der Waals surface area contributed by atoms with Crippen molar-refractivity contribution in [2.75, 3.05) is 6.54 Å². The Balaban J connectivity index is 2.10. The van der Waals surface area contributed by atoms with Crippen LogP contribution < -0.4 is 0 Å². The lowest BCUT2D eigenvalue weighted by Gasteiger charge is -2.30. The second-order valence-corrected chi connectivity index (χ2v) is 7.27. The molecule has 30 heavy (non-hydrogen) atoms. The van der Waals surface area contributed by atoms with E-state index in [1.165, 1.54) is 11.1 Å². The van der Waals surface area contributed by atoms with E-state index in [9.17, 15) is 0 Å². The fourth-order valence-corrected chi connectivity index (χ4v) is 3.48. The summed E-state index contributed by atoms with van der Waals surface area (Å²) in [4.78, 5) is 9.17. The molecule has 4 heteroatoms. The van der Waals surface area contributed by atoms with Crippen molar-refractivity contribution < 1.29 is 0 Å². The van der Waals surface area contributed by atoms with Crippen molar-refractivity contribution in [2.45, 2.75) is 41.0 Å². The molecular formula is C26H30N4. The van der Waals surface area contributed by atoms with Crippen molar-refractivity contribution in [1.82, 2.24) is 9.99 Å². The SMILES string of the molecule is CC=CC(=CC)CN1N=C(C(C)=Nc2ccc(C)nc2)c2ccccc2C1=CCC. The number of aliphatic imine (C=N–C) groups is 1. The number of nitrogens with zero attached hydrogens (tertiary/aromatic N) is 4. The Morgan fingerprint density at radius 3 is 2.50 bits per heavy atom. The predicted molar refractivity (Wildman–Crippen MR) is 128 cm³/mol. The third-order valence-electron chi connectivity index (χ3n) is 4.97. The first-order valence-electron chi connectivity index (χ1n) is 10.5. The maximum Gasteiger partial charge on any atom is 0.113 e. The van der Waals surface area contributed by atoms with Crippen molar-refractivity contribution in [2.24, 2.45) is 10.1 Å². The van der Waals surface area contributed by atoms with Crippen molar-refractivity contribution in [1.29, 1.82) is 0 Å². The molecule has 0 saturated heterocycles. The zero-order chi connectivity index (χ0) is 21.5. The first-order valence-corrected chi connectivity index (χ1v) is 10.5. The number of allylic oxidation sites excluding steroid dienone is 3. The summed E-state index contributed by atoms with van der Waals surface area (Å²) in [6, 6.07) is 12.4. The zero-order valence-corrected chi connectivity index (χ0v) is 18.6. The molecule has 0 spiro atoms. The molecule has 0 atom stereocenters. The van der Waals surface area contributed by atoms with E-state index in [-0.39, 0.29) is 0 Å². The van der Waals surface area contributed by atoms with E-state index < -0.39 is 0 Å². The number of benzene rings is 1. The van der Waals surface area contributed by atoms with E-state index in [1.807, 2.05) is 32.9 Å². The molecule has 1 aromatic heterocycles. The van der Waals surface area contributed by atoms with Gasteiger partial charge >= 0.3 is 0 Å². The molecule has 0 unspecified atom stereocenters. The maximum atomic E-state index is 5.06. The topological polar surface area (TPSA) is 40.9 Å². The van der Waals surface area contributed by atoms with Crippen LogP contribution in [0.25, 0.3) is 5.70 Å². The quantitative estimate of drug-likeness (QED) is 0.413. The van der Waals surface area contributed by atoms with Crippen molar-refractivity contribution >= 4 is 22.8 Å². The summed E-state index contributed by atoms with van der Waals surface area (Å²) >= 11 is 0. The van der Waals surface area contributed by atoms with E-state index >= 15 is 0 Å². The Morgan fingerprint density at radius 1 is 1.10 bits per heavy atom. The lowest BCUT2D eigenvalue weighted by Crippen LogP contribution is -2.29. The second kappa shape index (κ2) is 9.97. The Kier molecular flexibility index (Phi) is 7.12. The third kappa shape index (κ3) is 4.82. The predicted octanol–water partition coefficient (Wildman–Crippen LogP) is 6.48. The van der Waals surface area contributed by atoms with Gasteiger partial charge in [-0.2, -0.15) is 5.10 Å². The van der Waals surface area contributed by atoms with Gasteiger partial charge in [-0.25, -0.2) is 4.99 Å². The lowest BCUT2D eigenvalue weighted by atomic mass is 9.95. The fraction of sp³-hybridized carbons (Fsp3) is 0.269. The first kappa shape index (κ1) is 21.4. The molecule has 0 amide bonds. The Morgan fingerprint density at radius 2 is 1.87 bits per heavy atom. The maximum absolute atomic E-state index is 5.06. The number of fused-ring (bicyclic) bond motifs is 1. The summed E-state index contributed by atoms with van der Waals surface area (Å²) in [6.07, 6.45) is 11.3. The average molecular weight is 399 g/mol. The molecule has 0 saturated carbocycles. The van der Waals surface area contributed by atoms with Gasteiger partial charge in [-0.05, 0) is 51.8 Å².